The highest BCUT2D eigenvalue weighted by Crippen LogP contribution is 2.42. The van der Waals surface area contributed by atoms with Crippen LogP contribution in [0.15, 0.2) is 78.4 Å². The molecule has 41 heavy (non-hydrogen) atoms. The fourth-order valence-corrected chi connectivity index (χ4v) is 5.34. The van der Waals surface area contributed by atoms with Crippen LogP contribution in [0.2, 0.25) is 5.02 Å². The number of carbonyl (C=O) groups excluding carboxylic acids is 2. The Morgan fingerprint density at radius 3 is 2.41 bits per heavy atom. The van der Waals surface area contributed by atoms with Crippen LogP contribution in [0.25, 0.3) is 5.76 Å². The number of benzene rings is 3. The largest absolute Gasteiger partial charge is 0.507 e. The van der Waals surface area contributed by atoms with E-state index in [-0.39, 0.29) is 11.3 Å². The number of ether oxygens (including phenoxy) is 3. The fourth-order valence-electron chi connectivity index (χ4n) is 5.22. The number of hydrogen-bond donors (Lipinski definition) is 1. The highest BCUT2D eigenvalue weighted by atomic mass is 35.5. The lowest BCUT2D eigenvalue weighted by atomic mass is 9.95. The zero-order chi connectivity index (χ0) is 28.8. The van der Waals surface area contributed by atoms with Crippen molar-refractivity contribution in [3.05, 3.63) is 100 Å². The van der Waals surface area contributed by atoms with Crippen LogP contribution < -0.4 is 9.47 Å². The third-order valence-electron chi connectivity index (χ3n) is 7.38. The number of ketones is 1. The third-order valence-corrected chi connectivity index (χ3v) is 7.63. The van der Waals surface area contributed by atoms with E-state index in [1.54, 1.807) is 48.4 Å². The van der Waals surface area contributed by atoms with Crippen LogP contribution in [0.5, 0.6) is 11.5 Å². The summed E-state index contributed by atoms with van der Waals surface area (Å²) in [6.07, 6.45) is 0.667. The van der Waals surface area contributed by atoms with Crippen molar-refractivity contribution < 1.29 is 28.9 Å². The molecular weight excluding hydrogens is 544 g/mol. The van der Waals surface area contributed by atoms with Crippen molar-refractivity contribution >= 4 is 29.1 Å². The van der Waals surface area contributed by atoms with Gasteiger partial charge in [0.2, 0.25) is 0 Å². The van der Waals surface area contributed by atoms with E-state index in [9.17, 15) is 14.7 Å². The molecule has 0 bridgehead atoms. The number of halogens is 1. The number of amides is 1. The average Bonchev–Trinajstić information content (AvgIpc) is 3.26. The topological polar surface area (TPSA) is 88.5 Å². The molecule has 3 aromatic carbocycles. The molecule has 2 fully saturated rings. The number of likely N-dealkylation sites (tertiary alicyclic amines) is 1. The second kappa shape index (κ2) is 13.2. The maximum absolute atomic E-state index is 13.4. The summed E-state index contributed by atoms with van der Waals surface area (Å²) >= 11 is 6.05. The summed E-state index contributed by atoms with van der Waals surface area (Å²) in [4.78, 5) is 30.6. The van der Waals surface area contributed by atoms with Gasteiger partial charge in [0.15, 0.2) is 11.5 Å². The zero-order valence-electron chi connectivity index (χ0n) is 22.9. The highest BCUT2D eigenvalue weighted by molar-refractivity contribution is 6.46. The first kappa shape index (κ1) is 28.7. The number of methoxy groups -OCH3 is 1. The Hall–Kier alpha value is -3.85. The number of aliphatic hydroxyl groups excluding tert-OH is 1. The summed E-state index contributed by atoms with van der Waals surface area (Å²) < 4.78 is 17.1. The van der Waals surface area contributed by atoms with E-state index in [1.807, 2.05) is 36.4 Å². The summed E-state index contributed by atoms with van der Waals surface area (Å²) in [5.74, 6) is -0.622. The fraction of sp³-hybridized carbons (Fsp3) is 0.312. The van der Waals surface area contributed by atoms with Gasteiger partial charge in [-0.1, -0.05) is 48.0 Å². The number of Topliss-reactive ketones (excluding diaryl/α,β-unsaturated/α-hetero) is 1. The molecule has 1 amide bonds. The van der Waals surface area contributed by atoms with Crippen LogP contribution in [-0.2, 0) is 20.9 Å². The molecule has 2 heterocycles. The van der Waals surface area contributed by atoms with Gasteiger partial charge in [-0.25, -0.2) is 0 Å². The lowest BCUT2D eigenvalue weighted by molar-refractivity contribution is -0.140. The standard InChI is InChI=1S/C32H33ClN2O6/c1-39-27-20-24(10-13-26(27)41-21-22-6-3-2-4-7-22)29-28(30(36)23-8-11-25(33)12-9-23)31(37)32(38)35(29)15-5-14-34-16-18-40-19-17-34/h2-4,6-13,20,29,36H,5,14-19,21H2,1H3/b30-28+. The number of morpholine rings is 1. The highest BCUT2D eigenvalue weighted by Gasteiger charge is 2.46. The molecule has 2 aliphatic heterocycles. The Kier molecular flexibility index (Phi) is 9.24. The smallest absolute Gasteiger partial charge is 0.295 e. The van der Waals surface area contributed by atoms with Crippen molar-refractivity contribution in [2.24, 2.45) is 0 Å². The molecule has 1 unspecified atom stereocenters. The maximum atomic E-state index is 13.4. The summed E-state index contributed by atoms with van der Waals surface area (Å²) in [6, 6.07) is 20.8. The Balaban J connectivity index is 1.47. The van der Waals surface area contributed by atoms with E-state index >= 15 is 0 Å². The van der Waals surface area contributed by atoms with E-state index in [0.717, 1.165) is 25.2 Å². The number of carbonyl (C=O) groups is 2. The first-order valence-corrected chi connectivity index (χ1v) is 14.0. The van der Waals surface area contributed by atoms with Crippen LogP contribution in [0.3, 0.4) is 0 Å². The lowest BCUT2D eigenvalue weighted by Crippen LogP contribution is -2.39. The Morgan fingerprint density at radius 1 is 0.976 bits per heavy atom. The molecule has 0 aromatic heterocycles. The lowest BCUT2D eigenvalue weighted by Gasteiger charge is -2.29. The van der Waals surface area contributed by atoms with Crippen LogP contribution in [0, 0.1) is 0 Å². The molecule has 0 radical (unpaired) electrons. The molecule has 2 aliphatic rings. The van der Waals surface area contributed by atoms with Crippen LogP contribution in [0.4, 0.5) is 0 Å². The van der Waals surface area contributed by atoms with Crippen molar-refractivity contribution in [1.82, 2.24) is 9.80 Å². The van der Waals surface area contributed by atoms with E-state index < -0.39 is 17.7 Å². The molecular formula is C32H33ClN2O6. The predicted octanol–water partition coefficient (Wildman–Crippen LogP) is 5.07. The number of aliphatic hydroxyl groups is 1. The first-order valence-electron chi connectivity index (χ1n) is 13.7. The molecule has 1 atom stereocenters. The molecule has 2 saturated heterocycles. The van der Waals surface area contributed by atoms with Gasteiger partial charge in [0.05, 0.1) is 31.9 Å². The summed E-state index contributed by atoms with van der Waals surface area (Å²) in [7, 11) is 1.54. The Bertz CT molecular complexity index is 1400. The van der Waals surface area contributed by atoms with Gasteiger partial charge in [0.1, 0.15) is 12.4 Å². The van der Waals surface area contributed by atoms with Crippen molar-refractivity contribution in [2.75, 3.05) is 46.5 Å². The van der Waals surface area contributed by atoms with Crippen molar-refractivity contribution in [3.8, 4) is 11.5 Å². The van der Waals surface area contributed by atoms with Gasteiger partial charge in [-0.05, 0) is 53.9 Å². The quantitative estimate of drug-likeness (QED) is 0.205. The summed E-state index contributed by atoms with van der Waals surface area (Å²) in [5.41, 5.74) is 2.08. The van der Waals surface area contributed by atoms with Crippen LogP contribution >= 0.6 is 11.6 Å². The summed E-state index contributed by atoms with van der Waals surface area (Å²) in [5, 5.41) is 11.8. The molecule has 0 aliphatic carbocycles. The minimum atomic E-state index is -0.799. The van der Waals surface area contributed by atoms with Crippen LogP contribution in [0.1, 0.15) is 29.2 Å². The van der Waals surface area contributed by atoms with E-state index in [4.69, 9.17) is 25.8 Å². The molecule has 214 valence electrons. The minimum Gasteiger partial charge on any atom is -0.507 e. The van der Waals surface area contributed by atoms with Gasteiger partial charge in [-0.15, -0.1) is 0 Å². The van der Waals surface area contributed by atoms with E-state index in [0.29, 0.717) is 60.4 Å². The van der Waals surface area contributed by atoms with Crippen LogP contribution in [-0.4, -0.2) is 73.1 Å². The van der Waals surface area contributed by atoms with Gasteiger partial charge >= 0.3 is 0 Å². The van der Waals surface area contributed by atoms with E-state index in [1.165, 1.54) is 0 Å². The molecule has 8 nitrogen and oxygen atoms in total. The molecule has 0 spiro atoms. The SMILES string of the molecule is COc1cc(C2/C(=C(\O)c3ccc(Cl)cc3)C(=O)C(=O)N2CCCN2CCOCC2)ccc1OCc1ccccc1. The third kappa shape index (κ3) is 6.56. The predicted molar refractivity (Wildman–Crippen MR) is 156 cm³/mol. The Morgan fingerprint density at radius 2 is 1.71 bits per heavy atom. The van der Waals surface area contributed by atoms with Gasteiger partial charge in [0.25, 0.3) is 11.7 Å². The second-order valence-electron chi connectivity index (χ2n) is 9.99. The number of nitrogens with zero attached hydrogens (tertiary/aromatic N) is 2. The van der Waals surface area contributed by atoms with Gasteiger partial charge in [0, 0.05) is 36.8 Å². The van der Waals surface area contributed by atoms with E-state index in [2.05, 4.69) is 4.90 Å². The zero-order valence-corrected chi connectivity index (χ0v) is 23.7. The minimum absolute atomic E-state index is 0.0312. The molecule has 5 rings (SSSR count). The van der Waals surface area contributed by atoms with Crippen molar-refractivity contribution in [2.45, 2.75) is 19.1 Å². The number of rotatable bonds is 10. The van der Waals surface area contributed by atoms with Gasteiger partial charge in [-0.2, -0.15) is 0 Å². The van der Waals surface area contributed by atoms with Gasteiger partial charge < -0.3 is 24.2 Å². The molecule has 9 heteroatoms. The monoisotopic (exact) mass is 576 g/mol. The number of hydrogen-bond acceptors (Lipinski definition) is 7. The summed E-state index contributed by atoms with van der Waals surface area (Å²) in [6.45, 7) is 4.51. The normalized spacial score (nSPS) is 19.0. The average molecular weight is 577 g/mol. The second-order valence-corrected chi connectivity index (χ2v) is 10.4. The molecule has 3 aromatic rings. The Labute approximate surface area is 244 Å². The maximum Gasteiger partial charge on any atom is 0.295 e. The molecule has 0 saturated carbocycles. The first-order chi connectivity index (χ1) is 20.0. The van der Waals surface area contributed by atoms with Gasteiger partial charge in [-0.3, -0.25) is 14.5 Å². The van der Waals surface area contributed by atoms with Crippen molar-refractivity contribution in [1.29, 1.82) is 0 Å². The molecule has 1 N–H and O–H groups in total. The van der Waals surface area contributed by atoms with Crippen molar-refractivity contribution in [3.63, 3.8) is 0 Å².